The summed E-state index contributed by atoms with van der Waals surface area (Å²) in [6.45, 7) is 3.97. The maximum Gasteiger partial charge on any atom is 0.255 e. The highest BCUT2D eigenvalue weighted by Crippen LogP contribution is 2.26. The van der Waals surface area contributed by atoms with Gasteiger partial charge in [0.1, 0.15) is 16.4 Å². The highest BCUT2D eigenvalue weighted by molar-refractivity contribution is 7.89. The van der Waals surface area contributed by atoms with E-state index in [0.717, 1.165) is 0 Å². The van der Waals surface area contributed by atoms with Crippen LogP contribution in [0.3, 0.4) is 0 Å². The normalized spacial score (nSPS) is 11.0. The molecule has 0 fully saturated rings. The van der Waals surface area contributed by atoms with Crippen LogP contribution in [-0.2, 0) is 10.0 Å². The van der Waals surface area contributed by atoms with Crippen LogP contribution in [0.15, 0.2) is 47.4 Å². The van der Waals surface area contributed by atoms with Gasteiger partial charge < -0.3 is 14.8 Å². The average molecular weight is 378 g/mol. The van der Waals surface area contributed by atoms with Crippen molar-refractivity contribution in [1.82, 2.24) is 4.72 Å². The molecule has 1 amide bonds. The lowest BCUT2D eigenvalue weighted by molar-refractivity contribution is 0.102. The lowest BCUT2D eigenvalue weighted by Crippen LogP contribution is -2.24. The van der Waals surface area contributed by atoms with Gasteiger partial charge in [-0.1, -0.05) is 13.0 Å². The number of rotatable bonds is 8. The first-order valence-corrected chi connectivity index (χ1v) is 9.61. The van der Waals surface area contributed by atoms with Crippen LogP contribution in [0, 0.1) is 0 Å². The molecule has 2 rings (SSSR count). The molecular formula is C18H22N2O5S. The molecule has 7 nitrogen and oxygen atoms in total. The van der Waals surface area contributed by atoms with E-state index >= 15 is 0 Å². The minimum absolute atomic E-state index is 0.0699. The number of sulfonamides is 1. The standard InChI is InChI=1S/C18H22N2O5S/c1-4-19-26(22,23)17-11-13(9-10-16(17)25-5-2)18(21)20-14-7-6-8-15(12-14)24-3/h6-12,19H,4-5H2,1-3H3,(H,20,21). The number of anilines is 1. The molecule has 0 spiro atoms. The zero-order valence-electron chi connectivity index (χ0n) is 14.9. The van der Waals surface area contributed by atoms with Crippen molar-refractivity contribution in [3.05, 3.63) is 48.0 Å². The Hall–Kier alpha value is -2.58. The molecule has 0 heterocycles. The van der Waals surface area contributed by atoms with E-state index in [0.29, 0.717) is 18.0 Å². The van der Waals surface area contributed by atoms with Crippen LogP contribution in [0.4, 0.5) is 5.69 Å². The van der Waals surface area contributed by atoms with Gasteiger partial charge in [0.05, 0.1) is 13.7 Å². The van der Waals surface area contributed by atoms with Crippen LogP contribution >= 0.6 is 0 Å². The van der Waals surface area contributed by atoms with Gasteiger partial charge in [-0.05, 0) is 37.3 Å². The number of carbonyl (C=O) groups is 1. The topological polar surface area (TPSA) is 93.7 Å². The third-order valence-electron chi connectivity index (χ3n) is 3.46. The minimum atomic E-state index is -3.78. The molecule has 0 aliphatic rings. The summed E-state index contributed by atoms with van der Waals surface area (Å²) in [7, 11) is -2.24. The Kier molecular flexibility index (Phi) is 6.59. The maximum atomic E-state index is 12.5. The van der Waals surface area contributed by atoms with Gasteiger partial charge in [-0.2, -0.15) is 0 Å². The monoisotopic (exact) mass is 378 g/mol. The molecule has 0 saturated heterocycles. The Morgan fingerprint density at radius 3 is 2.54 bits per heavy atom. The van der Waals surface area contributed by atoms with Crippen LogP contribution in [0.5, 0.6) is 11.5 Å². The zero-order valence-corrected chi connectivity index (χ0v) is 15.7. The molecular weight excluding hydrogens is 356 g/mol. The summed E-state index contributed by atoms with van der Waals surface area (Å²) in [5, 5.41) is 2.72. The largest absolute Gasteiger partial charge is 0.497 e. The van der Waals surface area contributed by atoms with Gasteiger partial charge in [-0.15, -0.1) is 0 Å². The highest BCUT2D eigenvalue weighted by atomic mass is 32.2. The third kappa shape index (κ3) is 4.74. The van der Waals surface area contributed by atoms with E-state index in [4.69, 9.17) is 9.47 Å². The van der Waals surface area contributed by atoms with E-state index in [1.165, 1.54) is 25.3 Å². The van der Waals surface area contributed by atoms with Gasteiger partial charge in [0, 0.05) is 23.9 Å². The molecule has 0 aliphatic carbocycles. The molecule has 0 saturated carbocycles. The number of benzene rings is 2. The summed E-state index contributed by atoms with van der Waals surface area (Å²) in [6.07, 6.45) is 0. The zero-order chi connectivity index (χ0) is 19.2. The summed E-state index contributed by atoms with van der Waals surface area (Å²) >= 11 is 0. The number of nitrogens with one attached hydrogen (secondary N) is 2. The molecule has 2 N–H and O–H groups in total. The Bertz CT molecular complexity index is 881. The fourth-order valence-electron chi connectivity index (χ4n) is 2.31. The summed E-state index contributed by atoms with van der Waals surface area (Å²) in [4.78, 5) is 12.4. The third-order valence-corrected chi connectivity index (χ3v) is 5.02. The van der Waals surface area contributed by atoms with Crippen LogP contribution in [0.1, 0.15) is 24.2 Å². The minimum Gasteiger partial charge on any atom is -0.497 e. The Morgan fingerprint density at radius 1 is 1.12 bits per heavy atom. The van der Waals surface area contributed by atoms with Crippen molar-refractivity contribution < 1.29 is 22.7 Å². The average Bonchev–Trinajstić information content (AvgIpc) is 2.62. The molecule has 0 aromatic heterocycles. The van der Waals surface area contributed by atoms with Gasteiger partial charge in [0.15, 0.2) is 0 Å². The van der Waals surface area contributed by atoms with Crippen molar-refractivity contribution in [3.63, 3.8) is 0 Å². The molecule has 140 valence electrons. The second-order valence-corrected chi connectivity index (χ2v) is 7.02. The van der Waals surface area contributed by atoms with Gasteiger partial charge in [0.25, 0.3) is 5.91 Å². The van der Waals surface area contributed by atoms with E-state index in [9.17, 15) is 13.2 Å². The smallest absolute Gasteiger partial charge is 0.255 e. The number of amides is 1. The van der Waals surface area contributed by atoms with E-state index in [-0.39, 0.29) is 22.8 Å². The number of methoxy groups -OCH3 is 1. The fourth-order valence-corrected chi connectivity index (χ4v) is 3.52. The van der Waals surface area contributed by atoms with Gasteiger partial charge >= 0.3 is 0 Å². The predicted octanol–water partition coefficient (Wildman–Crippen LogP) is 2.64. The van der Waals surface area contributed by atoms with E-state index in [2.05, 4.69) is 10.0 Å². The number of hydrogen-bond acceptors (Lipinski definition) is 5. The quantitative estimate of drug-likeness (QED) is 0.736. The van der Waals surface area contributed by atoms with Crippen molar-refractivity contribution in [3.8, 4) is 11.5 Å². The summed E-state index contributed by atoms with van der Waals surface area (Å²) in [5.41, 5.74) is 0.743. The molecule has 0 unspecified atom stereocenters. The fraction of sp³-hybridized carbons (Fsp3) is 0.278. The maximum absolute atomic E-state index is 12.5. The van der Waals surface area contributed by atoms with E-state index < -0.39 is 15.9 Å². The van der Waals surface area contributed by atoms with Gasteiger partial charge in [0.2, 0.25) is 10.0 Å². The predicted molar refractivity (Wildman–Crippen MR) is 99.4 cm³/mol. The second-order valence-electron chi connectivity index (χ2n) is 5.28. The molecule has 2 aromatic rings. The van der Waals surface area contributed by atoms with Crippen LogP contribution in [0.25, 0.3) is 0 Å². The van der Waals surface area contributed by atoms with Crippen LogP contribution in [-0.4, -0.2) is 34.6 Å². The molecule has 0 radical (unpaired) electrons. The van der Waals surface area contributed by atoms with Gasteiger partial charge in [-0.3, -0.25) is 4.79 Å². The first-order valence-electron chi connectivity index (χ1n) is 8.13. The first kappa shape index (κ1) is 19.7. The Morgan fingerprint density at radius 2 is 1.88 bits per heavy atom. The van der Waals surface area contributed by atoms with E-state index in [1.807, 2.05) is 0 Å². The van der Waals surface area contributed by atoms with Crippen molar-refractivity contribution >= 4 is 21.6 Å². The lowest BCUT2D eigenvalue weighted by atomic mass is 10.2. The van der Waals surface area contributed by atoms with Crippen molar-refractivity contribution in [2.24, 2.45) is 0 Å². The van der Waals surface area contributed by atoms with Crippen LogP contribution < -0.4 is 19.5 Å². The SMILES string of the molecule is CCNS(=O)(=O)c1cc(C(=O)Nc2cccc(OC)c2)ccc1OCC. The molecule has 0 bridgehead atoms. The Balaban J connectivity index is 2.35. The van der Waals surface area contributed by atoms with Crippen molar-refractivity contribution in [2.45, 2.75) is 18.7 Å². The molecule has 2 aromatic carbocycles. The summed E-state index contributed by atoms with van der Waals surface area (Å²) in [5.74, 6) is 0.366. The van der Waals surface area contributed by atoms with Gasteiger partial charge in [-0.25, -0.2) is 13.1 Å². The summed E-state index contributed by atoms with van der Waals surface area (Å²) < 4.78 is 37.7. The number of hydrogen-bond donors (Lipinski definition) is 2. The highest BCUT2D eigenvalue weighted by Gasteiger charge is 2.21. The molecule has 0 aliphatic heterocycles. The molecule has 26 heavy (non-hydrogen) atoms. The van der Waals surface area contributed by atoms with Crippen LogP contribution in [0.2, 0.25) is 0 Å². The molecule has 8 heteroatoms. The lowest BCUT2D eigenvalue weighted by Gasteiger charge is -2.13. The van der Waals surface area contributed by atoms with E-state index in [1.54, 1.807) is 38.1 Å². The summed E-state index contributed by atoms with van der Waals surface area (Å²) in [6, 6.07) is 11.2. The Labute approximate surface area is 153 Å². The van der Waals surface area contributed by atoms with Crippen molar-refractivity contribution in [2.75, 3.05) is 25.6 Å². The first-order chi connectivity index (χ1) is 12.4. The van der Waals surface area contributed by atoms with Crippen molar-refractivity contribution in [1.29, 1.82) is 0 Å². The molecule has 0 atom stereocenters. The number of carbonyl (C=O) groups excluding carboxylic acids is 1. The number of ether oxygens (including phenoxy) is 2. The second kappa shape index (κ2) is 8.68.